The molecule has 0 aromatic heterocycles. The molecule has 1 atom stereocenters. The lowest BCUT2D eigenvalue weighted by molar-refractivity contribution is 0.218. The third-order valence-electron chi connectivity index (χ3n) is 3.08. The van der Waals surface area contributed by atoms with Crippen molar-refractivity contribution in [3.05, 3.63) is 29.8 Å². The van der Waals surface area contributed by atoms with Crippen molar-refractivity contribution >= 4 is 11.7 Å². The minimum Gasteiger partial charge on any atom is -0.336 e. The van der Waals surface area contributed by atoms with Gasteiger partial charge in [-0.2, -0.15) is 0 Å². The van der Waals surface area contributed by atoms with E-state index in [1.165, 1.54) is 6.07 Å². The molecule has 0 aliphatic carbocycles. The quantitative estimate of drug-likeness (QED) is 0.873. The van der Waals surface area contributed by atoms with Gasteiger partial charge in [-0.15, -0.1) is 0 Å². The maximum Gasteiger partial charge on any atom is 0.319 e. The zero-order chi connectivity index (χ0) is 15.3. The van der Waals surface area contributed by atoms with Gasteiger partial charge in [-0.1, -0.05) is 13.8 Å². The number of nitrogens with one attached hydrogen (secondary N) is 2. The van der Waals surface area contributed by atoms with Crippen LogP contribution in [0.2, 0.25) is 0 Å². The summed E-state index contributed by atoms with van der Waals surface area (Å²) in [5, 5.41) is 5.04. The van der Waals surface area contributed by atoms with Gasteiger partial charge in [-0.05, 0) is 32.1 Å². The summed E-state index contributed by atoms with van der Waals surface area (Å²) in [6.45, 7) is 4.56. The Morgan fingerprint density at radius 2 is 1.95 bits per heavy atom. The number of urea groups is 1. The van der Waals surface area contributed by atoms with E-state index in [1.54, 1.807) is 0 Å². The van der Waals surface area contributed by atoms with Gasteiger partial charge in [0.25, 0.3) is 0 Å². The van der Waals surface area contributed by atoms with Gasteiger partial charge >= 0.3 is 6.03 Å². The molecule has 4 nitrogen and oxygen atoms in total. The summed E-state index contributed by atoms with van der Waals surface area (Å²) in [7, 11) is 3.87. The van der Waals surface area contributed by atoms with E-state index in [0.29, 0.717) is 12.5 Å². The van der Waals surface area contributed by atoms with E-state index < -0.39 is 17.7 Å². The normalized spacial score (nSPS) is 12.6. The second-order valence-electron chi connectivity index (χ2n) is 5.23. The number of nitrogens with zero attached hydrogens (tertiary/aromatic N) is 1. The first-order valence-electron chi connectivity index (χ1n) is 6.47. The zero-order valence-electron chi connectivity index (χ0n) is 12.2. The van der Waals surface area contributed by atoms with Crippen molar-refractivity contribution in [1.29, 1.82) is 0 Å². The number of anilines is 1. The Kier molecular flexibility index (Phi) is 5.88. The monoisotopic (exact) mass is 285 g/mol. The second-order valence-corrected chi connectivity index (χ2v) is 5.23. The van der Waals surface area contributed by atoms with Gasteiger partial charge in [0.2, 0.25) is 0 Å². The molecule has 0 spiro atoms. The smallest absolute Gasteiger partial charge is 0.319 e. The van der Waals surface area contributed by atoms with Crippen LogP contribution < -0.4 is 10.6 Å². The zero-order valence-corrected chi connectivity index (χ0v) is 12.2. The molecule has 0 bridgehead atoms. The molecule has 1 rings (SSSR count). The van der Waals surface area contributed by atoms with Gasteiger partial charge in [0, 0.05) is 18.7 Å². The van der Waals surface area contributed by atoms with Crippen LogP contribution in [0.25, 0.3) is 0 Å². The number of carbonyl (C=O) groups excluding carboxylic acids is 1. The first kappa shape index (κ1) is 16.4. The van der Waals surface area contributed by atoms with Crippen LogP contribution in [0.4, 0.5) is 19.3 Å². The highest BCUT2D eigenvalue weighted by Crippen LogP contribution is 2.14. The molecule has 1 aromatic carbocycles. The number of hydrogen-bond donors (Lipinski definition) is 2. The van der Waals surface area contributed by atoms with Crippen LogP contribution in [0.5, 0.6) is 0 Å². The average molecular weight is 285 g/mol. The molecule has 6 heteroatoms. The molecule has 0 aliphatic rings. The SMILES string of the molecule is CC(C)C(CNC(=O)Nc1ccc(F)cc1F)N(C)C. The Bertz CT molecular complexity index is 456. The van der Waals surface area contributed by atoms with Gasteiger partial charge in [-0.3, -0.25) is 0 Å². The Morgan fingerprint density at radius 1 is 1.30 bits per heavy atom. The Labute approximate surface area is 118 Å². The number of amides is 2. The summed E-state index contributed by atoms with van der Waals surface area (Å²) in [4.78, 5) is 13.7. The van der Waals surface area contributed by atoms with Gasteiger partial charge < -0.3 is 15.5 Å². The first-order chi connectivity index (χ1) is 9.31. The summed E-state index contributed by atoms with van der Waals surface area (Å²) >= 11 is 0. The standard InChI is InChI=1S/C14H21F2N3O/c1-9(2)13(19(3)4)8-17-14(20)18-12-6-5-10(15)7-11(12)16/h5-7,9,13H,8H2,1-4H3,(H2,17,18,20). The second kappa shape index (κ2) is 7.19. The van der Waals surface area contributed by atoms with Crippen LogP contribution in [-0.2, 0) is 0 Å². The van der Waals surface area contributed by atoms with Crippen LogP contribution in [0, 0.1) is 17.6 Å². The first-order valence-corrected chi connectivity index (χ1v) is 6.47. The topological polar surface area (TPSA) is 44.4 Å². The molecule has 0 saturated carbocycles. The van der Waals surface area contributed by atoms with Crippen molar-refractivity contribution in [2.24, 2.45) is 5.92 Å². The molecular formula is C14H21F2N3O. The number of carbonyl (C=O) groups is 1. The molecule has 0 heterocycles. The van der Waals surface area contributed by atoms with Gasteiger partial charge in [-0.25, -0.2) is 13.6 Å². The highest BCUT2D eigenvalue weighted by Gasteiger charge is 2.17. The van der Waals surface area contributed by atoms with Crippen molar-refractivity contribution in [3.63, 3.8) is 0 Å². The Hall–Kier alpha value is -1.69. The highest BCUT2D eigenvalue weighted by atomic mass is 19.1. The molecule has 1 unspecified atom stereocenters. The Morgan fingerprint density at radius 3 is 2.45 bits per heavy atom. The molecule has 0 radical (unpaired) electrons. The van der Waals surface area contributed by atoms with Gasteiger partial charge in [0.15, 0.2) is 0 Å². The van der Waals surface area contributed by atoms with E-state index in [9.17, 15) is 13.6 Å². The van der Waals surface area contributed by atoms with Crippen molar-refractivity contribution in [3.8, 4) is 0 Å². The summed E-state index contributed by atoms with van der Waals surface area (Å²) in [5.41, 5.74) is -0.0464. The van der Waals surface area contributed by atoms with E-state index in [2.05, 4.69) is 24.5 Å². The predicted molar refractivity (Wildman–Crippen MR) is 75.7 cm³/mol. The summed E-state index contributed by atoms with van der Waals surface area (Å²) < 4.78 is 26.1. The van der Waals surface area contributed by atoms with Crippen LogP contribution in [0.3, 0.4) is 0 Å². The van der Waals surface area contributed by atoms with Crippen molar-refractivity contribution in [2.45, 2.75) is 19.9 Å². The van der Waals surface area contributed by atoms with Crippen LogP contribution in [0.15, 0.2) is 18.2 Å². The van der Waals surface area contributed by atoms with Crippen molar-refractivity contribution in [2.75, 3.05) is 26.0 Å². The van der Waals surface area contributed by atoms with Crippen LogP contribution in [0.1, 0.15) is 13.8 Å². The van der Waals surface area contributed by atoms with Crippen molar-refractivity contribution in [1.82, 2.24) is 10.2 Å². The fourth-order valence-corrected chi connectivity index (χ4v) is 1.97. The predicted octanol–water partition coefficient (Wildman–Crippen LogP) is 2.67. The lowest BCUT2D eigenvalue weighted by atomic mass is 10.0. The molecular weight excluding hydrogens is 264 g/mol. The van der Waals surface area contributed by atoms with Crippen LogP contribution in [-0.4, -0.2) is 37.6 Å². The summed E-state index contributed by atoms with van der Waals surface area (Å²) in [6, 6.07) is 2.68. The minimum absolute atomic E-state index is 0.0464. The molecule has 0 aliphatic heterocycles. The fraction of sp³-hybridized carbons (Fsp3) is 0.500. The highest BCUT2D eigenvalue weighted by molar-refractivity contribution is 5.89. The number of halogens is 2. The number of likely N-dealkylation sites (N-methyl/N-ethyl adjacent to an activating group) is 1. The van der Waals surface area contributed by atoms with E-state index in [1.807, 2.05) is 19.0 Å². The third kappa shape index (κ3) is 4.77. The summed E-state index contributed by atoms with van der Waals surface area (Å²) in [6.07, 6.45) is 0. The molecule has 112 valence electrons. The molecule has 0 fully saturated rings. The maximum atomic E-state index is 13.4. The van der Waals surface area contributed by atoms with E-state index >= 15 is 0 Å². The molecule has 20 heavy (non-hydrogen) atoms. The van der Waals surface area contributed by atoms with E-state index in [0.717, 1.165) is 12.1 Å². The molecule has 2 amide bonds. The van der Waals surface area contributed by atoms with Gasteiger partial charge in [0.05, 0.1) is 5.69 Å². The largest absolute Gasteiger partial charge is 0.336 e. The van der Waals surface area contributed by atoms with E-state index in [4.69, 9.17) is 0 Å². The van der Waals surface area contributed by atoms with Crippen LogP contribution >= 0.6 is 0 Å². The minimum atomic E-state index is -0.798. The lowest BCUT2D eigenvalue weighted by Crippen LogP contribution is -2.44. The average Bonchev–Trinajstić information content (AvgIpc) is 2.32. The molecule has 0 saturated heterocycles. The Balaban J connectivity index is 2.55. The summed E-state index contributed by atoms with van der Waals surface area (Å²) in [5.74, 6) is -1.11. The number of benzene rings is 1. The molecule has 2 N–H and O–H groups in total. The van der Waals surface area contributed by atoms with Crippen molar-refractivity contribution < 1.29 is 13.6 Å². The lowest BCUT2D eigenvalue weighted by Gasteiger charge is -2.28. The van der Waals surface area contributed by atoms with E-state index in [-0.39, 0.29) is 11.7 Å². The fourth-order valence-electron chi connectivity index (χ4n) is 1.97. The third-order valence-corrected chi connectivity index (χ3v) is 3.08. The number of hydrogen-bond acceptors (Lipinski definition) is 2. The molecule has 1 aromatic rings. The van der Waals surface area contributed by atoms with Gasteiger partial charge in [0.1, 0.15) is 11.6 Å². The maximum absolute atomic E-state index is 13.4. The number of rotatable bonds is 5.